The number of ether oxygens (including phenoxy) is 3. The molecule has 2 rings (SSSR count). The Morgan fingerprint density at radius 3 is 3.00 bits per heavy atom. The third kappa shape index (κ3) is 4.74. The Balaban J connectivity index is 1.60. The zero-order valence-corrected chi connectivity index (χ0v) is 11.7. The molecule has 0 saturated carbocycles. The minimum absolute atomic E-state index is 0.0452. The monoisotopic (exact) mass is 279 g/mol. The molecule has 1 aromatic rings. The van der Waals surface area contributed by atoms with Gasteiger partial charge in [-0.05, 0) is 31.9 Å². The van der Waals surface area contributed by atoms with Crippen molar-refractivity contribution < 1.29 is 19.0 Å². The molecule has 0 bridgehead atoms. The number of rotatable bonds is 6. The van der Waals surface area contributed by atoms with Crippen molar-refractivity contribution in [3.63, 3.8) is 0 Å². The predicted octanol–water partition coefficient (Wildman–Crippen LogP) is 2.15. The Morgan fingerprint density at radius 1 is 1.45 bits per heavy atom. The molecule has 1 fully saturated rings. The van der Waals surface area contributed by atoms with Crippen molar-refractivity contribution in [1.29, 1.82) is 0 Å². The molecule has 1 aliphatic rings. The number of hydrogen-bond donors (Lipinski definition) is 1. The normalized spacial score (nSPS) is 21.6. The summed E-state index contributed by atoms with van der Waals surface area (Å²) >= 11 is 0. The van der Waals surface area contributed by atoms with Crippen molar-refractivity contribution in [2.24, 2.45) is 0 Å². The van der Waals surface area contributed by atoms with E-state index in [0.29, 0.717) is 18.0 Å². The van der Waals surface area contributed by atoms with E-state index in [1.165, 1.54) is 0 Å². The SMILES string of the molecule is CC1CCC(COC(=O)CCOc2cccc(N)c2)O1. The average Bonchev–Trinajstić information content (AvgIpc) is 2.82. The molecule has 2 atom stereocenters. The largest absolute Gasteiger partial charge is 0.493 e. The number of anilines is 1. The van der Waals surface area contributed by atoms with Crippen LogP contribution in [-0.2, 0) is 14.3 Å². The number of nitrogen functional groups attached to an aromatic ring is 1. The molecule has 0 spiro atoms. The Kier molecular flexibility index (Phi) is 5.24. The van der Waals surface area contributed by atoms with Crippen LogP contribution in [0.1, 0.15) is 26.2 Å². The first kappa shape index (κ1) is 14.7. The molecule has 0 amide bonds. The summed E-state index contributed by atoms with van der Waals surface area (Å²) in [6, 6.07) is 7.11. The lowest BCUT2D eigenvalue weighted by atomic mass is 10.2. The van der Waals surface area contributed by atoms with Crippen LogP contribution in [0.5, 0.6) is 5.75 Å². The van der Waals surface area contributed by atoms with E-state index >= 15 is 0 Å². The van der Waals surface area contributed by atoms with Gasteiger partial charge in [0.15, 0.2) is 0 Å². The minimum atomic E-state index is -0.267. The van der Waals surface area contributed by atoms with Crippen LogP contribution in [0.2, 0.25) is 0 Å². The topological polar surface area (TPSA) is 70.8 Å². The van der Waals surface area contributed by atoms with Gasteiger partial charge in [0, 0.05) is 11.8 Å². The number of benzene rings is 1. The van der Waals surface area contributed by atoms with Crippen LogP contribution in [0, 0.1) is 0 Å². The maximum Gasteiger partial charge on any atom is 0.309 e. The lowest BCUT2D eigenvalue weighted by molar-refractivity contribution is -0.148. The van der Waals surface area contributed by atoms with Gasteiger partial charge in [0.2, 0.25) is 0 Å². The molecule has 5 heteroatoms. The maximum absolute atomic E-state index is 11.6. The van der Waals surface area contributed by atoms with Crippen LogP contribution in [0.25, 0.3) is 0 Å². The summed E-state index contributed by atoms with van der Waals surface area (Å²) in [6.45, 7) is 2.65. The summed E-state index contributed by atoms with van der Waals surface area (Å²) < 4.78 is 16.2. The van der Waals surface area contributed by atoms with E-state index < -0.39 is 0 Å². The van der Waals surface area contributed by atoms with Gasteiger partial charge in [-0.1, -0.05) is 6.07 Å². The van der Waals surface area contributed by atoms with E-state index in [2.05, 4.69) is 0 Å². The molecule has 0 radical (unpaired) electrons. The molecule has 1 aromatic carbocycles. The molecule has 2 N–H and O–H groups in total. The number of nitrogens with two attached hydrogens (primary N) is 1. The van der Waals surface area contributed by atoms with Crippen molar-refractivity contribution >= 4 is 11.7 Å². The van der Waals surface area contributed by atoms with E-state index in [4.69, 9.17) is 19.9 Å². The number of carbonyl (C=O) groups is 1. The predicted molar refractivity (Wildman–Crippen MR) is 75.5 cm³/mol. The van der Waals surface area contributed by atoms with Crippen LogP contribution in [0.15, 0.2) is 24.3 Å². The molecular weight excluding hydrogens is 258 g/mol. The second kappa shape index (κ2) is 7.14. The quantitative estimate of drug-likeness (QED) is 0.638. The van der Waals surface area contributed by atoms with E-state index in [-0.39, 0.29) is 31.2 Å². The first-order valence-corrected chi connectivity index (χ1v) is 6.93. The average molecular weight is 279 g/mol. The second-order valence-electron chi connectivity index (χ2n) is 5.00. The van der Waals surface area contributed by atoms with Crippen molar-refractivity contribution in [3.8, 4) is 5.75 Å². The molecule has 0 aromatic heterocycles. The summed E-state index contributed by atoms with van der Waals surface area (Å²) in [5.41, 5.74) is 6.27. The van der Waals surface area contributed by atoms with Crippen molar-refractivity contribution in [1.82, 2.24) is 0 Å². The third-order valence-corrected chi connectivity index (χ3v) is 3.18. The van der Waals surface area contributed by atoms with Crippen LogP contribution in [0.4, 0.5) is 5.69 Å². The zero-order valence-electron chi connectivity index (χ0n) is 11.7. The summed E-state index contributed by atoms with van der Waals surface area (Å²) in [6.07, 6.45) is 2.51. The van der Waals surface area contributed by atoms with Crippen LogP contribution < -0.4 is 10.5 Å². The Morgan fingerprint density at radius 2 is 2.30 bits per heavy atom. The van der Waals surface area contributed by atoms with Gasteiger partial charge < -0.3 is 19.9 Å². The molecule has 5 nitrogen and oxygen atoms in total. The van der Waals surface area contributed by atoms with E-state index in [1.54, 1.807) is 18.2 Å². The minimum Gasteiger partial charge on any atom is -0.493 e. The highest BCUT2D eigenvalue weighted by atomic mass is 16.6. The number of hydrogen-bond acceptors (Lipinski definition) is 5. The van der Waals surface area contributed by atoms with Crippen molar-refractivity contribution in [3.05, 3.63) is 24.3 Å². The van der Waals surface area contributed by atoms with Gasteiger partial charge in [0.25, 0.3) is 0 Å². The highest BCUT2D eigenvalue weighted by molar-refractivity contribution is 5.69. The summed E-state index contributed by atoms with van der Waals surface area (Å²) in [4.78, 5) is 11.6. The van der Waals surface area contributed by atoms with Gasteiger partial charge in [-0.15, -0.1) is 0 Å². The molecular formula is C15H21NO4. The summed E-state index contributed by atoms with van der Waals surface area (Å²) in [5, 5.41) is 0. The van der Waals surface area contributed by atoms with Gasteiger partial charge in [0.05, 0.1) is 25.2 Å². The van der Waals surface area contributed by atoms with Crippen LogP contribution in [-0.4, -0.2) is 31.4 Å². The summed E-state index contributed by atoms with van der Waals surface area (Å²) in [5.74, 6) is 0.391. The van der Waals surface area contributed by atoms with Gasteiger partial charge >= 0.3 is 5.97 Å². The van der Waals surface area contributed by atoms with E-state index in [0.717, 1.165) is 12.8 Å². The fourth-order valence-electron chi connectivity index (χ4n) is 2.12. The molecule has 1 heterocycles. The highest BCUT2D eigenvalue weighted by Gasteiger charge is 2.22. The first-order valence-electron chi connectivity index (χ1n) is 6.93. The van der Waals surface area contributed by atoms with Crippen molar-refractivity contribution in [2.75, 3.05) is 18.9 Å². The van der Waals surface area contributed by atoms with Gasteiger partial charge in [0.1, 0.15) is 12.4 Å². The Labute approximate surface area is 119 Å². The number of carbonyl (C=O) groups excluding carboxylic acids is 1. The highest BCUT2D eigenvalue weighted by Crippen LogP contribution is 2.19. The second-order valence-corrected chi connectivity index (χ2v) is 5.00. The Bertz CT molecular complexity index is 449. The smallest absolute Gasteiger partial charge is 0.309 e. The van der Waals surface area contributed by atoms with Crippen LogP contribution in [0.3, 0.4) is 0 Å². The molecule has 0 aliphatic carbocycles. The fraction of sp³-hybridized carbons (Fsp3) is 0.533. The molecule has 20 heavy (non-hydrogen) atoms. The Hall–Kier alpha value is -1.75. The van der Waals surface area contributed by atoms with Gasteiger partial charge in [-0.2, -0.15) is 0 Å². The first-order chi connectivity index (χ1) is 9.63. The fourth-order valence-corrected chi connectivity index (χ4v) is 2.12. The molecule has 2 unspecified atom stereocenters. The lowest BCUT2D eigenvalue weighted by Crippen LogP contribution is -2.20. The van der Waals surface area contributed by atoms with Gasteiger partial charge in [-0.3, -0.25) is 4.79 Å². The van der Waals surface area contributed by atoms with E-state index in [9.17, 15) is 4.79 Å². The van der Waals surface area contributed by atoms with Crippen LogP contribution >= 0.6 is 0 Å². The number of esters is 1. The zero-order chi connectivity index (χ0) is 14.4. The standard InChI is InChI=1S/C15H21NO4/c1-11-5-6-14(20-11)10-19-15(17)7-8-18-13-4-2-3-12(16)9-13/h2-4,9,11,14H,5-8,10,16H2,1H3. The van der Waals surface area contributed by atoms with E-state index in [1.807, 2.05) is 13.0 Å². The third-order valence-electron chi connectivity index (χ3n) is 3.18. The lowest BCUT2D eigenvalue weighted by Gasteiger charge is -2.12. The summed E-state index contributed by atoms with van der Waals surface area (Å²) in [7, 11) is 0. The van der Waals surface area contributed by atoms with Gasteiger partial charge in [-0.25, -0.2) is 0 Å². The van der Waals surface area contributed by atoms with Crippen molar-refractivity contribution in [2.45, 2.75) is 38.4 Å². The molecule has 110 valence electrons. The maximum atomic E-state index is 11.6. The molecule has 1 aliphatic heterocycles. The molecule has 1 saturated heterocycles.